The zero-order valence-corrected chi connectivity index (χ0v) is 15.4. The van der Waals surface area contributed by atoms with Crippen molar-refractivity contribution < 1.29 is 23.9 Å². The van der Waals surface area contributed by atoms with Gasteiger partial charge in [0.1, 0.15) is 12.4 Å². The minimum Gasteiger partial charge on any atom is -0.493 e. The second-order valence-electron chi connectivity index (χ2n) is 5.93. The maximum atomic E-state index is 11.7. The number of hydrogen-bond acceptors (Lipinski definition) is 6. The Morgan fingerprint density at radius 2 is 2.15 bits per heavy atom. The van der Waals surface area contributed by atoms with Gasteiger partial charge in [0.15, 0.2) is 11.5 Å². The molecule has 2 N–H and O–H groups in total. The zero-order valence-electron chi connectivity index (χ0n) is 15.4. The van der Waals surface area contributed by atoms with Crippen LogP contribution >= 0.6 is 0 Å². The van der Waals surface area contributed by atoms with E-state index >= 15 is 0 Å². The molecule has 1 unspecified atom stereocenters. The topological polar surface area (TPSA) is 93.8 Å². The molecule has 0 saturated heterocycles. The number of aromatic nitrogens is 1. The van der Waals surface area contributed by atoms with Crippen molar-refractivity contribution in [2.45, 2.75) is 33.4 Å². The van der Waals surface area contributed by atoms with Gasteiger partial charge < -0.3 is 24.4 Å². The fourth-order valence-corrected chi connectivity index (χ4v) is 2.27. The first-order valence-corrected chi connectivity index (χ1v) is 8.26. The number of benzene rings is 1. The molecular formula is C19H24N2O5. The number of carbonyl (C=O) groups is 1. The number of amides is 1. The van der Waals surface area contributed by atoms with E-state index in [1.807, 2.05) is 19.9 Å². The summed E-state index contributed by atoms with van der Waals surface area (Å²) in [5.74, 6) is 1.60. The number of nitrogens with one attached hydrogen (secondary N) is 1. The van der Waals surface area contributed by atoms with Gasteiger partial charge in [0.25, 0.3) is 0 Å². The van der Waals surface area contributed by atoms with E-state index in [0.717, 1.165) is 22.6 Å². The van der Waals surface area contributed by atoms with E-state index in [4.69, 9.17) is 19.1 Å². The predicted octanol–water partition coefficient (Wildman–Crippen LogP) is 2.39. The lowest BCUT2D eigenvalue weighted by Gasteiger charge is -2.11. The first-order valence-electron chi connectivity index (χ1n) is 8.26. The Hall–Kier alpha value is -2.80. The van der Waals surface area contributed by atoms with Gasteiger partial charge in [-0.15, -0.1) is 0 Å². The second-order valence-corrected chi connectivity index (χ2v) is 5.93. The number of rotatable bonds is 8. The molecule has 2 aromatic rings. The smallest absolute Gasteiger partial charge is 0.244 e. The largest absolute Gasteiger partial charge is 0.493 e. The maximum Gasteiger partial charge on any atom is 0.244 e. The molecule has 140 valence electrons. The predicted molar refractivity (Wildman–Crippen MR) is 97.0 cm³/mol. The average molecular weight is 360 g/mol. The van der Waals surface area contributed by atoms with Crippen LogP contribution in [-0.2, 0) is 11.4 Å². The van der Waals surface area contributed by atoms with E-state index in [0.29, 0.717) is 18.1 Å². The molecule has 1 aromatic carbocycles. The van der Waals surface area contributed by atoms with Crippen molar-refractivity contribution in [3.63, 3.8) is 0 Å². The van der Waals surface area contributed by atoms with Gasteiger partial charge in [-0.2, -0.15) is 0 Å². The first-order chi connectivity index (χ1) is 12.4. The van der Waals surface area contributed by atoms with Crippen LogP contribution in [-0.4, -0.2) is 35.9 Å². The third kappa shape index (κ3) is 5.10. The lowest BCUT2D eigenvalue weighted by molar-refractivity contribution is -0.117. The van der Waals surface area contributed by atoms with Gasteiger partial charge >= 0.3 is 0 Å². The van der Waals surface area contributed by atoms with E-state index < -0.39 is 0 Å². The van der Waals surface area contributed by atoms with Crippen molar-refractivity contribution in [3.05, 3.63) is 46.9 Å². The fourth-order valence-electron chi connectivity index (χ4n) is 2.27. The molecule has 0 bridgehead atoms. The van der Waals surface area contributed by atoms with Crippen molar-refractivity contribution >= 4 is 12.0 Å². The van der Waals surface area contributed by atoms with Crippen molar-refractivity contribution in [1.82, 2.24) is 10.5 Å². The van der Waals surface area contributed by atoms with Crippen molar-refractivity contribution in [2.75, 3.05) is 13.7 Å². The highest BCUT2D eigenvalue weighted by atomic mass is 16.5. The Labute approximate surface area is 152 Å². The van der Waals surface area contributed by atoms with Crippen LogP contribution < -0.4 is 14.8 Å². The summed E-state index contributed by atoms with van der Waals surface area (Å²) in [5.41, 5.74) is 2.49. The summed E-state index contributed by atoms with van der Waals surface area (Å²) in [6.07, 6.45) is 3.07. The number of ether oxygens (including phenoxy) is 2. The van der Waals surface area contributed by atoms with Crippen LogP contribution in [0.15, 0.2) is 28.8 Å². The lowest BCUT2D eigenvalue weighted by Crippen LogP contribution is -2.33. The molecule has 7 nitrogen and oxygen atoms in total. The van der Waals surface area contributed by atoms with Crippen LogP contribution in [0.2, 0.25) is 0 Å². The quantitative estimate of drug-likeness (QED) is 0.702. The number of nitrogens with zero attached hydrogens (tertiary/aromatic N) is 1. The van der Waals surface area contributed by atoms with Crippen LogP contribution in [0.1, 0.15) is 29.5 Å². The summed E-state index contributed by atoms with van der Waals surface area (Å²) in [7, 11) is 1.56. The zero-order chi connectivity index (χ0) is 19.1. The molecule has 1 aromatic heterocycles. The van der Waals surface area contributed by atoms with Crippen LogP contribution in [0.3, 0.4) is 0 Å². The second kappa shape index (κ2) is 9.05. The minimum absolute atomic E-state index is 0.107. The molecule has 1 atom stereocenters. The molecule has 0 aliphatic rings. The van der Waals surface area contributed by atoms with Crippen molar-refractivity contribution in [1.29, 1.82) is 0 Å². The standard InChI is InChI=1S/C19H24N2O5/c1-12(10-22)20-19(23)8-6-15-5-7-17(18(9-15)24-4)25-11-16-13(2)21-26-14(16)3/h5-9,12,22H,10-11H2,1-4H3,(H,20,23)/b8-6+. The van der Waals surface area contributed by atoms with Gasteiger partial charge in [0.05, 0.1) is 25.0 Å². The summed E-state index contributed by atoms with van der Waals surface area (Å²) in [6.45, 7) is 5.65. The van der Waals surface area contributed by atoms with Crippen molar-refractivity contribution in [2.24, 2.45) is 0 Å². The SMILES string of the molecule is COc1cc(/C=C/C(=O)NC(C)CO)ccc1OCc1c(C)noc1C. The van der Waals surface area contributed by atoms with E-state index in [2.05, 4.69) is 10.5 Å². The van der Waals surface area contributed by atoms with Crippen LogP contribution in [0, 0.1) is 13.8 Å². The number of carbonyl (C=O) groups excluding carboxylic acids is 1. The molecule has 1 heterocycles. The highest BCUT2D eigenvalue weighted by Crippen LogP contribution is 2.30. The van der Waals surface area contributed by atoms with E-state index in [1.54, 1.807) is 32.2 Å². The van der Waals surface area contributed by atoms with Gasteiger partial charge in [0.2, 0.25) is 5.91 Å². The summed E-state index contributed by atoms with van der Waals surface area (Å²) in [4.78, 5) is 11.7. The molecule has 0 spiro atoms. The molecular weight excluding hydrogens is 336 g/mol. The van der Waals surface area contributed by atoms with Gasteiger partial charge in [-0.25, -0.2) is 0 Å². The monoisotopic (exact) mass is 360 g/mol. The third-order valence-electron chi connectivity index (χ3n) is 3.83. The Morgan fingerprint density at radius 1 is 1.38 bits per heavy atom. The minimum atomic E-state index is -0.290. The van der Waals surface area contributed by atoms with Crippen molar-refractivity contribution in [3.8, 4) is 11.5 Å². The van der Waals surface area contributed by atoms with Crippen LogP contribution in [0.5, 0.6) is 11.5 Å². The molecule has 0 aliphatic heterocycles. The highest BCUT2D eigenvalue weighted by Gasteiger charge is 2.12. The Bertz CT molecular complexity index is 763. The molecule has 0 fully saturated rings. The number of hydrogen-bond donors (Lipinski definition) is 2. The normalized spacial score (nSPS) is 12.2. The van der Waals surface area contributed by atoms with Gasteiger partial charge in [-0.3, -0.25) is 4.79 Å². The fraction of sp³-hybridized carbons (Fsp3) is 0.368. The van der Waals surface area contributed by atoms with E-state index in [-0.39, 0.29) is 18.6 Å². The van der Waals surface area contributed by atoms with E-state index in [9.17, 15) is 4.79 Å². The first kappa shape index (κ1) is 19.5. The van der Waals surface area contributed by atoms with Crippen LogP contribution in [0.4, 0.5) is 0 Å². The molecule has 7 heteroatoms. The number of aliphatic hydroxyl groups excluding tert-OH is 1. The average Bonchev–Trinajstić information content (AvgIpc) is 2.96. The molecule has 0 aliphatic carbocycles. The molecule has 0 saturated carbocycles. The summed E-state index contributed by atoms with van der Waals surface area (Å²) < 4.78 is 16.3. The third-order valence-corrected chi connectivity index (χ3v) is 3.83. The van der Waals surface area contributed by atoms with Gasteiger partial charge in [-0.1, -0.05) is 11.2 Å². The molecule has 26 heavy (non-hydrogen) atoms. The van der Waals surface area contributed by atoms with E-state index in [1.165, 1.54) is 6.08 Å². The Kier molecular flexibility index (Phi) is 6.80. The van der Waals surface area contributed by atoms with Crippen LogP contribution in [0.25, 0.3) is 6.08 Å². The number of methoxy groups -OCH3 is 1. The Morgan fingerprint density at radius 3 is 2.77 bits per heavy atom. The summed E-state index contributed by atoms with van der Waals surface area (Å²) in [5, 5.41) is 15.5. The van der Waals surface area contributed by atoms with Gasteiger partial charge in [0, 0.05) is 12.1 Å². The highest BCUT2D eigenvalue weighted by molar-refractivity contribution is 5.92. The molecule has 1 amide bonds. The lowest BCUT2D eigenvalue weighted by atomic mass is 10.1. The van der Waals surface area contributed by atoms with Gasteiger partial charge in [-0.05, 0) is 44.5 Å². The summed E-state index contributed by atoms with van der Waals surface area (Å²) >= 11 is 0. The molecule has 0 radical (unpaired) electrons. The summed E-state index contributed by atoms with van der Waals surface area (Å²) in [6, 6.07) is 5.10. The number of aliphatic hydroxyl groups is 1. The molecule has 2 rings (SSSR count). The Balaban J connectivity index is 2.06. The maximum absolute atomic E-state index is 11.7. The number of aryl methyl sites for hydroxylation is 2.